The van der Waals surface area contributed by atoms with Gasteiger partial charge in [-0.1, -0.05) is 0 Å². The second-order valence-corrected chi connectivity index (χ2v) is 8.34. The molecule has 3 aliphatic heterocycles. The SMILES string of the molecule is CC1(C)Cc2cc(NC(=O)/C(C=N)=C3\N=CC(C(N)=O)=CN3)c(N3CCOCC3)cc2O1. The van der Waals surface area contributed by atoms with Crippen LogP contribution in [0.25, 0.3) is 0 Å². The molecule has 1 aromatic carbocycles. The lowest BCUT2D eigenvalue weighted by Crippen LogP contribution is -2.37. The Balaban J connectivity index is 1.65. The molecule has 10 heteroatoms. The molecule has 5 N–H and O–H groups in total. The van der Waals surface area contributed by atoms with Crippen LogP contribution < -0.4 is 26.0 Å². The average molecular weight is 438 g/mol. The molecule has 168 valence electrons. The van der Waals surface area contributed by atoms with Crippen molar-refractivity contribution in [3.8, 4) is 5.75 Å². The van der Waals surface area contributed by atoms with E-state index >= 15 is 0 Å². The lowest BCUT2D eigenvalue weighted by Gasteiger charge is -2.31. The number of carbonyl (C=O) groups is 2. The maximum atomic E-state index is 13.1. The largest absolute Gasteiger partial charge is 0.487 e. The van der Waals surface area contributed by atoms with E-state index in [1.807, 2.05) is 26.0 Å². The van der Waals surface area contributed by atoms with Gasteiger partial charge in [0.15, 0.2) is 0 Å². The van der Waals surface area contributed by atoms with Gasteiger partial charge in [-0.3, -0.25) is 9.59 Å². The van der Waals surface area contributed by atoms with Gasteiger partial charge in [0.25, 0.3) is 11.8 Å². The molecular formula is C22H26N6O4. The number of nitrogens with zero attached hydrogens (tertiary/aromatic N) is 2. The Morgan fingerprint density at radius 2 is 2.06 bits per heavy atom. The van der Waals surface area contributed by atoms with Crippen LogP contribution in [0.1, 0.15) is 19.4 Å². The predicted molar refractivity (Wildman–Crippen MR) is 121 cm³/mol. The highest BCUT2D eigenvalue weighted by Gasteiger charge is 2.32. The fourth-order valence-corrected chi connectivity index (χ4v) is 3.87. The van der Waals surface area contributed by atoms with Crippen LogP contribution in [0.3, 0.4) is 0 Å². The molecular weight excluding hydrogens is 412 g/mol. The Bertz CT molecular complexity index is 1070. The number of benzene rings is 1. The normalized spacial score (nSPS) is 20.4. The Labute approximate surface area is 185 Å². The van der Waals surface area contributed by atoms with Crippen LogP contribution >= 0.6 is 0 Å². The zero-order valence-electron chi connectivity index (χ0n) is 18.0. The molecule has 0 unspecified atom stereocenters. The smallest absolute Gasteiger partial charge is 0.261 e. The molecule has 0 spiro atoms. The zero-order chi connectivity index (χ0) is 22.9. The lowest BCUT2D eigenvalue weighted by atomic mass is 10.0. The van der Waals surface area contributed by atoms with Gasteiger partial charge < -0.3 is 36.2 Å². The summed E-state index contributed by atoms with van der Waals surface area (Å²) in [5, 5.41) is 13.4. The first-order valence-corrected chi connectivity index (χ1v) is 10.3. The number of fused-ring (bicyclic) bond motifs is 1. The summed E-state index contributed by atoms with van der Waals surface area (Å²) in [4.78, 5) is 30.6. The minimum atomic E-state index is -0.639. The molecule has 10 nitrogen and oxygen atoms in total. The molecule has 1 fully saturated rings. The van der Waals surface area contributed by atoms with Crippen molar-refractivity contribution < 1.29 is 19.1 Å². The maximum Gasteiger partial charge on any atom is 0.261 e. The van der Waals surface area contributed by atoms with Crippen LogP contribution in [0.5, 0.6) is 5.75 Å². The van der Waals surface area contributed by atoms with Crippen LogP contribution in [0.4, 0.5) is 11.4 Å². The summed E-state index contributed by atoms with van der Waals surface area (Å²) >= 11 is 0. The van der Waals surface area contributed by atoms with Gasteiger partial charge in [-0.15, -0.1) is 0 Å². The average Bonchev–Trinajstić information content (AvgIpc) is 3.07. The van der Waals surface area contributed by atoms with Gasteiger partial charge in [-0.05, 0) is 19.9 Å². The van der Waals surface area contributed by atoms with Crippen LogP contribution in [-0.2, 0) is 20.7 Å². The number of anilines is 2. The number of amides is 2. The Morgan fingerprint density at radius 1 is 1.31 bits per heavy atom. The van der Waals surface area contributed by atoms with Gasteiger partial charge in [0.1, 0.15) is 17.2 Å². The Hall–Kier alpha value is -3.66. The highest BCUT2D eigenvalue weighted by molar-refractivity contribution is 6.19. The number of hydrogen-bond acceptors (Lipinski definition) is 8. The molecule has 1 saturated heterocycles. The van der Waals surface area contributed by atoms with Gasteiger partial charge in [-0.25, -0.2) is 4.99 Å². The molecule has 0 bridgehead atoms. The highest BCUT2D eigenvalue weighted by atomic mass is 16.5. The fourth-order valence-electron chi connectivity index (χ4n) is 3.87. The van der Waals surface area contributed by atoms with Gasteiger partial charge in [0.2, 0.25) is 0 Å². The number of nitrogens with one attached hydrogen (secondary N) is 3. The number of ether oxygens (including phenoxy) is 2. The van der Waals surface area contributed by atoms with Crippen molar-refractivity contribution in [3.63, 3.8) is 0 Å². The van der Waals surface area contributed by atoms with Crippen molar-refractivity contribution in [2.45, 2.75) is 25.9 Å². The highest BCUT2D eigenvalue weighted by Crippen LogP contribution is 2.42. The second kappa shape index (κ2) is 8.46. The van der Waals surface area contributed by atoms with E-state index in [1.165, 1.54) is 12.4 Å². The Kier molecular flexibility index (Phi) is 5.70. The standard InChI is InChI=1S/C22H26N6O4/c1-22(2)9-13-7-16(17(8-18(13)32-22)28-3-5-31-6-4-28)27-21(30)15(10-23)20-25-11-14(12-26-20)19(24)29/h7-8,10-12,23,25H,3-6,9H2,1-2H3,(H2,24,29)(H,27,30)/b20-15-,23-10?. The minimum absolute atomic E-state index is 0.0195. The van der Waals surface area contributed by atoms with Crippen molar-refractivity contribution >= 4 is 35.6 Å². The zero-order valence-corrected chi connectivity index (χ0v) is 18.0. The van der Waals surface area contributed by atoms with E-state index in [4.69, 9.17) is 20.6 Å². The van der Waals surface area contributed by atoms with Crippen molar-refractivity contribution in [1.82, 2.24) is 5.32 Å². The quantitative estimate of drug-likeness (QED) is 0.400. The molecule has 3 aliphatic rings. The third-order valence-corrected chi connectivity index (χ3v) is 5.41. The van der Waals surface area contributed by atoms with E-state index in [0.29, 0.717) is 32.0 Å². The van der Waals surface area contributed by atoms with Crippen LogP contribution in [0.2, 0.25) is 0 Å². The number of carbonyl (C=O) groups excluding carboxylic acids is 2. The second-order valence-electron chi connectivity index (χ2n) is 8.34. The molecule has 2 amide bonds. The molecule has 0 atom stereocenters. The van der Waals surface area contributed by atoms with Gasteiger partial charge in [0, 0.05) is 49.8 Å². The Morgan fingerprint density at radius 3 is 2.69 bits per heavy atom. The van der Waals surface area contributed by atoms with E-state index in [-0.39, 0.29) is 22.6 Å². The number of nitrogens with two attached hydrogens (primary N) is 1. The third-order valence-electron chi connectivity index (χ3n) is 5.41. The van der Waals surface area contributed by atoms with Crippen molar-refractivity contribution in [2.24, 2.45) is 10.7 Å². The molecule has 0 radical (unpaired) electrons. The number of rotatable bonds is 5. The number of aliphatic imine (C=N–C) groups is 1. The fraction of sp³-hybridized carbons (Fsp3) is 0.364. The van der Waals surface area contributed by atoms with Crippen LogP contribution in [0, 0.1) is 5.41 Å². The van der Waals surface area contributed by atoms with Crippen molar-refractivity contribution in [1.29, 1.82) is 5.41 Å². The van der Waals surface area contributed by atoms with E-state index < -0.39 is 11.8 Å². The first-order chi connectivity index (χ1) is 15.3. The van der Waals surface area contributed by atoms with Gasteiger partial charge in [-0.2, -0.15) is 0 Å². The molecule has 4 rings (SSSR count). The van der Waals surface area contributed by atoms with Gasteiger partial charge in [0.05, 0.1) is 35.7 Å². The van der Waals surface area contributed by atoms with E-state index in [9.17, 15) is 9.59 Å². The molecule has 3 heterocycles. The summed E-state index contributed by atoms with van der Waals surface area (Å²) in [5.41, 5.74) is 7.58. The van der Waals surface area contributed by atoms with Crippen LogP contribution in [-0.4, -0.2) is 56.1 Å². The van der Waals surface area contributed by atoms with Gasteiger partial charge >= 0.3 is 0 Å². The number of primary amides is 1. The minimum Gasteiger partial charge on any atom is -0.487 e. The molecule has 0 aromatic heterocycles. The summed E-state index contributed by atoms with van der Waals surface area (Å²) in [6.45, 7) is 6.63. The first kappa shape index (κ1) is 21.6. The molecule has 1 aromatic rings. The summed E-state index contributed by atoms with van der Waals surface area (Å²) in [6, 6.07) is 3.89. The summed E-state index contributed by atoms with van der Waals surface area (Å²) < 4.78 is 11.6. The molecule has 0 saturated carbocycles. The summed E-state index contributed by atoms with van der Waals surface area (Å²) in [5.74, 6) is -0.174. The van der Waals surface area contributed by atoms with E-state index in [0.717, 1.165) is 29.6 Å². The van der Waals surface area contributed by atoms with E-state index in [1.54, 1.807) is 0 Å². The van der Waals surface area contributed by atoms with Crippen molar-refractivity contribution in [3.05, 3.63) is 40.9 Å². The summed E-state index contributed by atoms with van der Waals surface area (Å²) in [6.07, 6.45) is 4.26. The molecule has 0 aliphatic carbocycles. The first-order valence-electron chi connectivity index (χ1n) is 10.3. The topological polar surface area (TPSA) is 142 Å². The summed E-state index contributed by atoms with van der Waals surface area (Å²) in [7, 11) is 0. The predicted octanol–water partition coefficient (Wildman–Crippen LogP) is 1.08. The lowest BCUT2D eigenvalue weighted by molar-refractivity contribution is -0.114. The van der Waals surface area contributed by atoms with E-state index in [2.05, 4.69) is 20.5 Å². The molecule has 32 heavy (non-hydrogen) atoms. The monoisotopic (exact) mass is 438 g/mol. The maximum absolute atomic E-state index is 13.1. The number of hydrogen-bond donors (Lipinski definition) is 4. The third kappa shape index (κ3) is 4.35. The van der Waals surface area contributed by atoms with Crippen molar-refractivity contribution in [2.75, 3.05) is 36.5 Å². The number of morpholine rings is 1. The van der Waals surface area contributed by atoms with Crippen LogP contribution in [0.15, 0.2) is 40.3 Å².